The molecule has 46 heavy (non-hydrogen) atoms. The Morgan fingerprint density at radius 2 is 0.957 bits per heavy atom. The van der Waals surface area contributed by atoms with E-state index in [0.717, 1.165) is 72.5 Å². The summed E-state index contributed by atoms with van der Waals surface area (Å²) in [6.45, 7) is 0. The Balaban J connectivity index is 1.23. The maximum absolute atomic E-state index is 6.51. The highest BCUT2D eigenvalue weighted by Crippen LogP contribution is 2.40. The third kappa shape index (κ3) is 4.39. The summed E-state index contributed by atoms with van der Waals surface area (Å²) in [5.74, 6) is 0.692. The number of para-hydroxylation sites is 3. The lowest BCUT2D eigenvalue weighted by Gasteiger charge is -2.11. The van der Waals surface area contributed by atoms with Gasteiger partial charge in [-0.1, -0.05) is 127 Å². The molecule has 3 aromatic heterocycles. The summed E-state index contributed by atoms with van der Waals surface area (Å²) in [7, 11) is 0. The molecule has 0 atom stereocenters. The van der Waals surface area contributed by atoms with E-state index >= 15 is 0 Å². The molecule has 216 valence electrons. The van der Waals surface area contributed by atoms with E-state index in [2.05, 4.69) is 132 Å². The Hall–Kier alpha value is -6.26. The number of oxazole rings is 1. The zero-order valence-electron chi connectivity index (χ0n) is 24.8. The largest absolute Gasteiger partial charge is 0.438 e. The number of fused-ring (bicyclic) bond motifs is 5. The Bertz CT molecular complexity index is 2530. The van der Waals surface area contributed by atoms with E-state index in [-0.39, 0.29) is 0 Å². The van der Waals surface area contributed by atoms with Crippen molar-refractivity contribution in [2.24, 2.45) is 0 Å². The van der Waals surface area contributed by atoms with Crippen molar-refractivity contribution in [3.05, 3.63) is 164 Å². The lowest BCUT2D eigenvalue weighted by Crippen LogP contribution is -1.96. The van der Waals surface area contributed by atoms with E-state index in [1.165, 1.54) is 5.56 Å². The maximum atomic E-state index is 6.51. The normalized spacial score (nSPS) is 11.5. The zero-order valence-corrected chi connectivity index (χ0v) is 24.8. The average molecular weight is 590 g/mol. The van der Waals surface area contributed by atoms with Crippen molar-refractivity contribution in [3.63, 3.8) is 0 Å². The number of hydrogen-bond donors (Lipinski definition) is 0. The lowest BCUT2D eigenvalue weighted by atomic mass is 9.99. The molecule has 0 unspecified atom stereocenters. The van der Waals surface area contributed by atoms with E-state index < -0.39 is 0 Å². The summed E-state index contributed by atoms with van der Waals surface area (Å²) in [4.78, 5) is 10.2. The molecule has 0 bridgehead atoms. The van der Waals surface area contributed by atoms with E-state index in [9.17, 15) is 0 Å². The van der Waals surface area contributed by atoms with Gasteiger partial charge in [0.1, 0.15) is 0 Å². The highest BCUT2D eigenvalue weighted by atomic mass is 16.3. The molecule has 0 spiro atoms. The third-order valence-electron chi connectivity index (χ3n) is 8.61. The minimum atomic E-state index is 0.692. The Kier molecular flexibility index (Phi) is 6.10. The van der Waals surface area contributed by atoms with Gasteiger partial charge in [-0.05, 0) is 53.1 Å². The van der Waals surface area contributed by atoms with Crippen LogP contribution < -0.4 is 0 Å². The second-order valence-corrected chi connectivity index (χ2v) is 11.5. The maximum Gasteiger partial charge on any atom is 0.213 e. The molecule has 3 heterocycles. The predicted octanol–water partition coefficient (Wildman–Crippen LogP) is 11.0. The van der Waals surface area contributed by atoms with Gasteiger partial charge in [0.2, 0.25) is 5.71 Å². The fourth-order valence-electron chi connectivity index (χ4n) is 6.45. The molecule has 0 saturated heterocycles. The highest BCUT2D eigenvalue weighted by Gasteiger charge is 2.20. The molecule has 0 saturated carbocycles. The van der Waals surface area contributed by atoms with Gasteiger partial charge < -0.3 is 4.42 Å². The molecule has 0 aliphatic heterocycles. The minimum Gasteiger partial charge on any atom is -0.438 e. The number of nitrogens with zero attached hydrogens (tertiary/aromatic N) is 3. The van der Waals surface area contributed by atoms with Crippen LogP contribution >= 0.6 is 0 Å². The van der Waals surface area contributed by atoms with Gasteiger partial charge in [-0.3, -0.25) is 4.40 Å². The first-order valence-corrected chi connectivity index (χ1v) is 15.4. The van der Waals surface area contributed by atoms with Crippen molar-refractivity contribution in [2.45, 2.75) is 0 Å². The van der Waals surface area contributed by atoms with Crippen LogP contribution in [-0.4, -0.2) is 14.4 Å². The molecule has 9 aromatic rings. The van der Waals surface area contributed by atoms with Gasteiger partial charge in [-0.2, -0.15) is 0 Å². The van der Waals surface area contributed by atoms with Crippen molar-refractivity contribution >= 4 is 27.7 Å². The molecule has 0 aliphatic rings. The summed E-state index contributed by atoms with van der Waals surface area (Å²) in [6, 6.07) is 56.6. The monoisotopic (exact) mass is 589 g/mol. The summed E-state index contributed by atoms with van der Waals surface area (Å²) < 4.78 is 8.73. The quantitative estimate of drug-likeness (QED) is 0.201. The van der Waals surface area contributed by atoms with Crippen LogP contribution in [0.2, 0.25) is 0 Å². The molecule has 4 heteroatoms. The Morgan fingerprint density at radius 1 is 0.413 bits per heavy atom. The van der Waals surface area contributed by atoms with Gasteiger partial charge in [0.15, 0.2) is 11.4 Å². The van der Waals surface area contributed by atoms with Gasteiger partial charge in [-0.15, -0.1) is 0 Å². The fraction of sp³-hybridized carbons (Fsp3) is 0. The predicted molar refractivity (Wildman–Crippen MR) is 187 cm³/mol. The standard InChI is InChI=1S/C42H27N3O/c1-3-13-28(14-4-1)30-17-11-18-31(25-30)35-27-36(44-41(43-35)29-15-5-2-6-16-29)32-19-12-20-33(26-32)40-34-21-7-8-22-37(34)45-38-23-9-10-24-39(38)46-42(40)45/h1-27H. The highest BCUT2D eigenvalue weighted by molar-refractivity contribution is 6.07. The van der Waals surface area contributed by atoms with Crippen LogP contribution in [0.3, 0.4) is 0 Å². The molecule has 0 radical (unpaired) electrons. The smallest absolute Gasteiger partial charge is 0.213 e. The van der Waals surface area contributed by atoms with E-state index in [1.807, 2.05) is 36.4 Å². The summed E-state index contributed by atoms with van der Waals surface area (Å²) in [5, 5.41) is 1.15. The summed E-state index contributed by atoms with van der Waals surface area (Å²) in [5.41, 5.74) is 13.1. The zero-order chi connectivity index (χ0) is 30.5. The minimum absolute atomic E-state index is 0.692. The molecule has 0 N–H and O–H groups in total. The van der Waals surface area contributed by atoms with Crippen LogP contribution in [0.25, 0.3) is 83.9 Å². The van der Waals surface area contributed by atoms with E-state index in [1.54, 1.807) is 0 Å². The molecule has 0 fully saturated rings. The van der Waals surface area contributed by atoms with Crippen molar-refractivity contribution in [2.75, 3.05) is 0 Å². The van der Waals surface area contributed by atoms with Crippen molar-refractivity contribution < 1.29 is 4.42 Å². The van der Waals surface area contributed by atoms with Crippen LogP contribution in [0.4, 0.5) is 0 Å². The first kappa shape index (κ1) is 26.2. The molecule has 9 rings (SSSR count). The molecular formula is C42H27N3O. The first-order chi connectivity index (χ1) is 22.8. The molecule has 0 amide bonds. The van der Waals surface area contributed by atoms with Crippen LogP contribution in [-0.2, 0) is 0 Å². The lowest BCUT2D eigenvalue weighted by molar-refractivity contribution is 0.658. The van der Waals surface area contributed by atoms with Crippen LogP contribution in [0.15, 0.2) is 168 Å². The van der Waals surface area contributed by atoms with Gasteiger partial charge >= 0.3 is 0 Å². The SMILES string of the molecule is c1ccc(-c2cccc(-c3cc(-c4cccc(-c5c6ccccc6n6c5oc5ccccc56)c4)nc(-c4ccccc4)n3)c2)cc1. The van der Waals surface area contributed by atoms with E-state index in [4.69, 9.17) is 14.4 Å². The first-order valence-electron chi connectivity index (χ1n) is 15.4. The van der Waals surface area contributed by atoms with Gasteiger partial charge in [0, 0.05) is 22.1 Å². The number of hydrogen-bond acceptors (Lipinski definition) is 3. The number of rotatable bonds is 5. The van der Waals surface area contributed by atoms with Crippen molar-refractivity contribution in [1.82, 2.24) is 14.4 Å². The fourth-order valence-corrected chi connectivity index (χ4v) is 6.45. The Labute approximate surface area is 265 Å². The van der Waals surface area contributed by atoms with Gasteiger partial charge in [-0.25, -0.2) is 9.97 Å². The van der Waals surface area contributed by atoms with Crippen molar-refractivity contribution in [1.29, 1.82) is 0 Å². The van der Waals surface area contributed by atoms with Crippen LogP contribution in [0.1, 0.15) is 0 Å². The molecular weight excluding hydrogens is 562 g/mol. The van der Waals surface area contributed by atoms with Gasteiger partial charge in [0.25, 0.3) is 0 Å². The number of aromatic nitrogens is 3. The summed E-state index contributed by atoms with van der Waals surface area (Å²) in [6.07, 6.45) is 0. The van der Waals surface area contributed by atoms with E-state index in [0.29, 0.717) is 5.82 Å². The molecule has 0 aliphatic carbocycles. The Morgan fingerprint density at radius 3 is 1.70 bits per heavy atom. The second-order valence-electron chi connectivity index (χ2n) is 11.5. The molecule has 4 nitrogen and oxygen atoms in total. The third-order valence-corrected chi connectivity index (χ3v) is 8.61. The summed E-state index contributed by atoms with van der Waals surface area (Å²) >= 11 is 0. The number of benzene rings is 6. The molecule has 6 aromatic carbocycles. The second kappa shape index (κ2) is 10.7. The van der Waals surface area contributed by atoms with Gasteiger partial charge in [0.05, 0.1) is 28.0 Å². The van der Waals surface area contributed by atoms with Crippen LogP contribution in [0.5, 0.6) is 0 Å². The average Bonchev–Trinajstić information content (AvgIpc) is 3.67. The van der Waals surface area contributed by atoms with Crippen molar-refractivity contribution in [3.8, 4) is 56.2 Å². The van der Waals surface area contributed by atoms with Crippen LogP contribution in [0, 0.1) is 0 Å². The topological polar surface area (TPSA) is 43.3 Å².